The van der Waals surface area contributed by atoms with E-state index in [1.807, 2.05) is 25.7 Å². The average molecular weight is 226 g/mol. The molecule has 0 bridgehead atoms. The fourth-order valence-electron chi connectivity index (χ4n) is 2.33. The first kappa shape index (κ1) is 11.7. The molecule has 4 heteroatoms. The maximum atomic E-state index is 11.9. The van der Waals surface area contributed by atoms with E-state index in [4.69, 9.17) is 4.74 Å². The molecule has 0 aromatic heterocycles. The summed E-state index contributed by atoms with van der Waals surface area (Å²) >= 11 is 0. The van der Waals surface area contributed by atoms with Crippen LogP contribution in [0.3, 0.4) is 0 Å². The topological polar surface area (TPSA) is 41.6 Å². The first-order valence-corrected chi connectivity index (χ1v) is 6.17. The third kappa shape index (κ3) is 2.67. The third-order valence-electron chi connectivity index (χ3n) is 3.34. The molecule has 16 heavy (non-hydrogen) atoms. The van der Waals surface area contributed by atoms with Crippen molar-refractivity contribution in [3.63, 3.8) is 0 Å². The van der Waals surface area contributed by atoms with Crippen LogP contribution >= 0.6 is 0 Å². The summed E-state index contributed by atoms with van der Waals surface area (Å²) in [5.41, 5.74) is -0.388. The van der Waals surface area contributed by atoms with Crippen LogP contribution in [0.5, 0.6) is 0 Å². The van der Waals surface area contributed by atoms with Crippen molar-refractivity contribution in [3.05, 3.63) is 0 Å². The van der Waals surface area contributed by atoms with Crippen LogP contribution in [0.15, 0.2) is 0 Å². The van der Waals surface area contributed by atoms with Crippen LogP contribution in [0.4, 0.5) is 4.79 Å². The van der Waals surface area contributed by atoms with Crippen LogP contribution < -0.4 is 5.32 Å². The zero-order chi connectivity index (χ0) is 11.8. The number of carbonyl (C=O) groups is 1. The van der Waals surface area contributed by atoms with E-state index in [-0.39, 0.29) is 11.7 Å². The van der Waals surface area contributed by atoms with E-state index in [0.717, 1.165) is 38.4 Å². The lowest BCUT2D eigenvalue weighted by Crippen LogP contribution is -2.52. The number of amides is 1. The van der Waals surface area contributed by atoms with E-state index in [2.05, 4.69) is 5.32 Å². The second-order valence-corrected chi connectivity index (χ2v) is 5.82. The molecule has 2 rings (SSSR count). The van der Waals surface area contributed by atoms with Crippen LogP contribution in [0, 0.1) is 5.92 Å². The van der Waals surface area contributed by atoms with E-state index in [0.29, 0.717) is 6.04 Å². The highest BCUT2D eigenvalue weighted by Crippen LogP contribution is 2.25. The van der Waals surface area contributed by atoms with Crippen molar-refractivity contribution >= 4 is 6.09 Å². The number of hydrogen-bond acceptors (Lipinski definition) is 3. The van der Waals surface area contributed by atoms with Gasteiger partial charge in [-0.3, -0.25) is 0 Å². The minimum atomic E-state index is -0.388. The maximum Gasteiger partial charge on any atom is 0.410 e. The lowest BCUT2D eigenvalue weighted by molar-refractivity contribution is 0.0256. The summed E-state index contributed by atoms with van der Waals surface area (Å²) in [7, 11) is 0. The lowest BCUT2D eigenvalue weighted by Gasteiger charge is -2.36. The molecule has 1 amide bonds. The number of hydrogen-bond donors (Lipinski definition) is 1. The summed E-state index contributed by atoms with van der Waals surface area (Å²) < 4.78 is 5.39. The van der Waals surface area contributed by atoms with Crippen molar-refractivity contribution in [1.82, 2.24) is 10.2 Å². The van der Waals surface area contributed by atoms with Gasteiger partial charge in [0.1, 0.15) is 5.60 Å². The highest BCUT2D eigenvalue weighted by Gasteiger charge is 2.34. The predicted molar refractivity (Wildman–Crippen MR) is 62.3 cm³/mol. The van der Waals surface area contributed by atoms with Gasteiger partial charge in [-0.1, -0.05) is 0 Å². The van der Waals surface area contributed by atoms with E-state index in [1.165, 1.54) is 0 Å². The lowest BCUT2D eigenvalue weighted by atomic mass is 9.88. The highest BCUT2D eigenvalue weighted by atomic mass is 16.6. The monoisotopic (exact) mass is 226 g/mol. The summed E-state index contributed by atoms with van der Waals surface area (Å²) in [6.45, 7) is 8.52. The molecule has 0 spiro atoms. The van der Waals surface area contributed by atoms with Crippen LogP contribution in [-0.2, 0) is 4.74 Å². The maximum absolute atomic E-state index is 11.9. The Bertz CT molecular complexity index is 259. The van der Waals surface area contributed by atoms with Crippen molar-refractivity contribution in [1.29, 1.82) is 0 Å². The van der Waals surface area contributed by atoms with Gasteiger partial charge < -0.3 is 15.0 Å². The Morgan fingerprint density at radius 1 is 1.31 bits per heavy atom. The molecule has 0 aromatic rings. The molecule has 4 nitrogen and oxygen atoms in total. The number of nitrogens with one attached hydrogen (secondary N) is 1. The Balaban J connectivity index is 1.87. The summed E-state index contributed by atoms with van der Waals surface area (Å²) in [5.74, 6) is 0.771. The Kier molecular flexibility index (Phi) is 3.10. The van der Waals surface area contributed by atoms with Gasteiger partial charge in [-0.05, 0) is 46.1 Å². The van der Waals surface area contributed by atoms with Crippen LogP contribution in [-0.4, -0.2) is 42.3 Å². The quantitative estimate of drug-likeness (QED) is 0.682. The molecule has 2 aliphatic heterocycles. The average Bonchev–Trinajstić information content (AvgIpc) is 2.23. The minimum absolute atomic E-state index is 0.159. The number of fused-ring (bicyclic) bond motifs is 1. The molecule has 0 aliphatic carbocycles. The molecule has 2 heterocycles. The molecule has 2 atom stereocenters. The molecule has 92 valence electrons. The van der Waals surface area contributed by atoms with E-state index < -0.39 is 0 Å². The summed E-state index contributed by atoms with van der Waals surface area (Å²) in [6.07, 6.45) is 2.01. The fraction of sp³-hybridized carbons (Fsp3) is 0.917. The minimum Gasteiger partial charge on any atom is -0.444 e. The van der Waals surface area contributed by atoms with Crippen molar-refractivity contribution in [2.45, 2.75) is 45.3 Å². The van der Waals surface area contributed by atoms with E-state index in [9.17, 15) is 4.79 Å². The Morgan fingerprint density at radius 2 is 2.00 bits per heavy atom. The molecule has 0 saturated carbocycles. The number of nitrogens with zero attached hydrogens (tertiary/aromatic N) is 1. The summed E-state index contributed by atoms with van der Waals surface area (Å²) in [5, 5.41) is 3.42. The standard InChI is InChI=1S/C12H22N2O2/c1-12(2,3)16-11(15)14-6-4-9-8-13-10(9)5-7-14/h9-10,13H,4-8H2,1-3H3. The van der Waals surface area contributed by atoms with Crippen molar-refractivity contribution in [3.8, 4) is 0 Å². The third-order valence-corrected chi connectivity index (χ3v) is 3.34. The SMILES string of the molecule is CC(C)(C)OC(=O)N1CCC2CNC2CC1. The van der Waals surface area contributed by atoms with Crippen molar-refractivity contribution in [2.75, 3.05) is 19.6 Å². The van der Waals surface area contributed by atoms with Crippen LogP contribution in [0.1, 0.15) is 33.6 Å². The van der Waals surface area contributed by atoms with E-state index >= 15 is 0 Å². The van der Waals surface area contributed by atoms with Gasteiger partial charge in [0.15, 0.2) is 0 Å². The highest BCUT2D eigenvalue weighted by molar-refractivity contribution is 5.68. The van der Waals surface area contributed by atoms with Gasteiger partial charge in [0.25, 0.3) is 0 Å². The molecule has 2 aliphatic rings. The van der Waals surface area contributed by atoms with E-state index in [1.54, 1.807) is 0 Å². The molecular formula is C12H22N2O2. The fourth-order valence-corrected chi connectivity index (χ4v) is 2.33. The number of rotatable bonds is 0. The molecule has 2 fully saturated rings. The first-order chi connectivity index (χ1) is 7.46. The Morgan fingerprint density at radius 3 is 2.56 bits per heavy atom. The number of ether oxygens (including phenoxy) is 1. The zero-order valence-corrected chi connectivity index (χ0v) is 10.5. The largest absolute Gasteiger partial charge is 0.444 e. The number of carbonyl (C=O) groups excluding carboxylic acids is 1. The number of likely N-dealkylation sites (tertiary alicyclic amines) is 1. The predicted octanol–water partition coefficient (Wildman–Crippen LogP) is 1.61. The summed E-state index contributed by atoms with van der Waals surface area (Å²) in [4.78, 5) is 13.7. The second kappa shape index (κ2) is 4.24. The van der Waals surface area contributed by atoms with Gasteiger partial charge in [-0.25, -0.2) is 4.79 Å². The van der Waals surface area contributed by atoms with Crippen molar-refractivity contribution in [2.24, 2.45) is 5.92 Å². The normalized spacial score (nSPS) is 30.1. The zero-order valence-electron chi connectivity index (χ0n) is 10.5. The van der Waals surface area contributed by atoms with Gasteiger partial charge in [0.2, 0.25) is 0 Å². The summed E-state index contributed by atoms with van der Waals surface area (Å²) in [6, 6.07) is 0.632. The van der Waals surface area contributed by atoms with Gasteiger partial charge in [0.05, 0.1) is 0 Å². The molecule has 2 unspecified atom stereocenters. The second-order valence-electron chi connectivity index (χ2n) is 5.82. The van der Waals surface area contributed by atoms with Crippen molar-refractivity contribution < 1.29 is 9.53 Å². The Hall–Kier alpha value is -0.770. The molecule has 0 radical (unpaired) electrons. The first-order valence-electron chi connectivity index (χ1n) is 6.17. The Labute approximate surface area is 97.3 Å². The molecule has 2 saturated heterocycles. The van der Waals surface area contributed by atoms with Gasteiger partial charge >= 0.3 is 6.09 Å². The van der Waals surface area contributed by atoms with Gasteiger partial charge in [0, 0.05) is 19.1 Å². The molecule has 0 aromatic carbocycles. The van der Waals surface area contributed by atoms with Crippen LogP contribution in [0.25, 0.3) is 0 Å². The van der Waals surface area contributed by atoms with Gasteiger partial charge in [-0.15, -0.1) is 0 Å². The molecule has 1 N–H and O–H groups in total. The van der Waals surface area contributed by atoms with Crippen LogP contribution in [0.2, 0.25) is 0 Å². The van der Waals surface area contributed by atoms with Gasteiger partial charge in [-0.2, -0.15) is 0 Å². The molecular weight excluding hydrogens is 204 g/mol. The smallest absolute Gasteiger partial charge is 0.410 e.